The molecule has 0 heterocycles. The van der Waals surface area contributed by atoms with E-state index in [-0.39, 0.29) is 17.1 Å². The molecule has 0 amide bonds. The lowest BCUT2D eigenvalue weighted by atomic mass is 10.0. The van der Waals surface area contributed by atoms with Crippen LogP contribution in [-0.2, 0) is 4.74 Å². The number of hydrogen-bond acceptors (Lipinski definition) is 5. The fraction of sp³-hybridized carbons (Fsp3) is 0.143. The highest BCUT2D eigenvalue weighted by Crippen LogP contribution is 2.38. The predicted octanol–water partition coefficient (Wildman–Crippen LogP) is 5.01. The second-order valence-electron chi connectivity index (χ2n) is 5.63. The van der Waals surface area contributed by atoms with E-state index in [9.17, 15) is 9.59 Å². The van der Waals surface area contributed by atoms with Crippen molar-refractivity contribution in [3.8, 4) is 11.5 Å². The van der Waals surface area contributed by atoms with Gasteiger partial charge in [-0.3, -0.25) is 0 Å². The first-order valence-corrected chi connectivity index (χ1v) is 9.09. The molecule has 0 aliphatic carbocycles. The van der Waals surface area contributed by atoms with Gasteiger partial charge in [0, 0.05) is 0 Å². The second kappa shape index (κ2) is 8.22. The van der Waals surface area contributed by atoms with Gasteiger partial charge in [0.15, 0.2) is 11.5 Å². The molecular weight excluding hydrogens is 412 g/mol. The summed E-state index contributed by atoms with van der Waals surface area (Å²) in [6, 6.07) is 16.0. The molecule has 0 atom stereocenters. The Morgan fingerprint density at radius 2 is 1.74 bits per heavy atom. The molecule has 27 heavy (non-hydrogen) atoms. The van der Waals surface area contributed by atoms with E-state index in [1.54, 1.807) is 19.1 Å². The maximum absolute atomic E-state index is 12.8. The highest BCUT2D eigenvalue weighted by Gasteiger charge is 2.20. The molecule has 0 saturated carbocycles. The van der Waals surface area contributed by atoms with Crippen molar-refractivity contribution in [2.75, 3.05) is 13.7 Å². The van der Waals surface area contributed by atoms with E-state index in [1.807, 2.05) is 30.3 Å². The Hall–Kier alpha value is -2.86. The molecule has 0 saturated heterocycles. The van der Waals surface area contributed by atoms with Gasteiger partial charge in [0.2, 0.25) is 0 Å². The molecule has 0 bridgehead atoms. The molecule has 0 unspecified atom stereocenters. The number of halogens is 1. The molecule has 5 nitrogen and oxygen atoms in total. The van der Waals surface area contributed by atoms with Crippen LogP contribution in [0.15, 0.2) is 59.1 Å². The van der Waals surface area contributed by atoms with Crippen LogP contribution in [0.5, 0.6) is 11.5 Å². The minimum absolute atomic E-state index is 0.211. The summed E-state index contributed by atoms with van der Waals surface area (Å²) >= 11 is 3.35. The van der Waals surface area contributed by atoms with Gasteiger partial charge in [-0.1, -0.05) is 36.4 Å². The monoisotopic (exact) mass is 428 g/mol. The van der Waals surface area contributed by atoms with Gasteiger partial charge in [-0.25, -0.2) is 9.59 Å². The minimum atomic E-state index is -0.515. The van der Waals surface area contributed by atoms with Crippen molar-refractivity contribution in [3.63, 3.8) is 0 Å². The summed E-state index contributed by atoms with van der Waals surface area (Å²) in [5, 5.41) is 1.74. The Kier molecular flexibility index (Phi) is 5.76. The van der Waals surface area contributed by atoms with Crippen LogP contribution in [-0.4, -0.2) is 25.7 Å². The van der Waals surface area contributed by atoms with Gasteiger partial charge in [0.05, 0.1) is 29.3 Å². The number of benzene rings is 3. The number of carbonyl (C=O) groups is 2. The van der Waals surface area contributed by atoms with Crippen molar-refractivity contribution < 1.29 is 23.8 Å². The molecule has 3 rings (SSSR count). The van der Waals surface area contributed by atoms with Crippen LogP contribution in [0, 0.1) is 0 Å². The van der Waals surface area contributed by atoms with Crippen molar-refractivity contribution in [1.82, 2.24) is 0 Å². The van der Waals surface area contributed by atoms with Gasteiger partial charge in [-0.2, -0.15) is 0 Å². The van der Waals surface area contributed by atoms with Crippen LogP contribution in [0.3, 0.4) is 0 Å². The highest BCUT2D eigenvalue weighted by molar-refractivity contribution is 9.10. The average molecular weight is 429 g/mol. The summed E-state index contributed by atoms with van der Waals surface area (Å²) in [4.78, 5) is 24.6. The average Bonchev–Trinajstić information content (AvgIpc) is 2.69. The summed E-state index contributed by atoms with van der Waals surface area (Å²) in [5.74, 6) is -0.536. The van der Waals surface area contributed by atoms with Crippen molar-refractivity contribution in [1.29, 1.82) is 0 Å². The molecule has 138 valence electrons. The van der Waals surface area contributed by atoms with Crippen LogP contribution in [0.25, 0.3) is 10.8 Å². The fourth-order valence-electron chi connectivity index (χ4n) is 2.72. The Morgan fingerprint density at radius 3 is 2.48 bits per heavy atom. The predicted molar refractivity (Wildman–Crippen MR) is 106 cm³/mol. The van der Waals surface area contributed by atoms with E-state index in [0.717, 1.165) is 10.8 Å². The molecule has 3 aromatic rings. The minimum Gasteiger partial charge on any atom is -0.490 e. The molecular formula is C21H17BrO5. The van der Waals surface area contributed by atoms with Gasteiger partial charge in [-0.15, -0.1) is 0 Å². The van der Waals surface area contributed by atoms with Gasteiger partial charge in [-0.05, 0) is 51.8 Å². The van der Waals surface area contributed by atoms with Crippen LogP contribution in [0.2, 0.25) is 0 Å². The van der Waals surface area contributed by atoms with E-state index in [2.05, 4.69) is 15.9 Å². The largest absolute Gasteiger partial charge is 0.490 e. The Morgan fingerprint density at radius 1 is 1.00 bits per heavy atom. The zero-order valence-corrected chi connectivity index (χ0v) is 16.4. The third-order valence-corrected chi connectivity index (χ3v) is 4.52. The summed E-state index contributed by atoms with van der Waals surface area (Å²) < 4.78 is 16.3. The van der Waals surface area contributed by atoms with Gasteiger partial charge in [0.1, 0.15) is 0 Å². The molecule has 0 N–H and O–H groups in total. The van der Waals surface area contributed by atoms with E-state index >= 15 is 0 Å². The fourth-order valence-corrected chi connectivity index (χ4v) is 3.24. The van der Waals surface area contributed by atoms with Crippen LogP contribution in [0.4, 0.5) is 0 Å². The van der Waals surface area contributed by atoms with Crippen molar-refractivity contribution in [2.45, 2.75) is 6.92 Å². The van der Waals surface area contributed by atoms with Crippen molar-refractivity contribution in [2.24, 2.45) is 0 Å². The van der Waals surface area contributed by atoms with E-state index in [4.69, 9.17) is 14.2 Å². The lowest BCUT2D eigenvalue weighted by Crippen LogP contribution is -2.11. The zero-order chi connectivity index (χ0) is 19.4. The maximum Gasteiger partial charge on any atom is 0.344 e. The first kappa shape index (κ1) is 18.9. The highest BCUT2D eigenvalue weighted by atomic mass is 79.9. The molecule has 6 heteroatoms. The van der Waals surface area contributed by atoms with E-state index in [0.29, 0.717) is 16.6 Å². The number of carbonyl (C=O) groups excluding carboxylic acids is 2. The first-order valence-electron chi connectivity index (χ1n) is 8.29. The summed E-state index contributed by atoms with van der Waals surface area (Å²) in [5.41, 5.74) is 0.734. The SMILES string of the molecule is CCOc1cc(C(=O)OC)cc(Br)c1OC(=O)c1cccc2ccccc12. The van der Waals surface area contributed by atoms with Crippen LogP contribution >= 0.6 is 15.9 Å². The molecule has 0 aliphatic rings. The van der Waals surface area contributed by atoms with Crippen molar-refractivity contribution in [3.05, 3.63) is 70.2 Å². The Balaban J connectivity index is 2.01. The number of hydrogen-bond donors (Lipinski definition) is 0. The molecule has 3 aromatic carbocycles. The lowest BCUT2D eigenvalue weighted by Gasteiger charge is -2.14. The molecule has 0 spiro atoms. The third kappa shape index (κ3) is 3.95. The van der Waals surface area contributed by atoms with Crippen LogP contribution < -0.4 is 9.47 Å². The normalized spacial score (nSPS) is 10.5. The second-order valence-corrected chi connectivity index (χ2v) is 6.48. The lowest BCUT2D eigenvalue weighted by molar-refractivity contribution is 0.0600. The Bertz CT molecular complexity index is 1010. The standard InChI is InChI=1S/C21H17BrO5/c1-3-26-18-12-14(20(23)25-2)11-17(22)19(18)27-21(24)16-10-6-8-13-7-4-5-9-15(13)16/h4-12H,3H2,1-2H3. The summed E-state index contributed by atoms with van der Waals surface area (Å²) in [6.45, 7) is 2.14. The zero-order valence-electron chi connectivity index (χ0n) is 14.8. The number of esters is 2. The van der Waals surface area contributed by atoms with Crippen molar-refractivity contribution >= 4 is 38.6 Å². The van der Waals surface area contributed by atoms with Crippen LogP contribution in [0.1, 0.15) is 27.6 Å². The maximum atomic E-state index is 12.8. The number of fused-ring (bicyclic) bond motifs is 1. The van der Waals surface area contributed by atoms with E-state index < -0.39 is 11.9 Å². The van der Waals surface area contributed by atoms with E-state index in [1.165, 1.54) is 19.2 Å². The molecule has 0 aliphatic heterocycles. The number of rotatable bonds is 5. The van der Waals surface area contributed by atoms with Gasteiger partial charge < -0.3 is 14.2 Å². The number of methoxy groups -OCH3 is 1. The quantitative estimate of drug-likeness (QED) is 0.422. The summed E-state index contributed by atoms with van der Waals surface area (Å²) in [6.07, 6.45) is 0. The smallest absolute Gasteiger partial charge is 0.344 e. The van der Waals surface area contributed by atoms with Gasteiger partial charge in [0.25, 0.3) is 0 Å². The molecule has 0 fully saturated rings. The molecule has 0 aromatic heterocycles. The molecule has 0 radical (unpaired) electrons. The third-order valence-electron chi connectivity index (χ3n) is 3.93. The van der Waals surface area contributed by atoms with Gasteiger partial charge >= 0.3 is 11.9 Å². The topological polar surface area (TPSA) is 61.8 Å². The first-order chi connectivity index (χ1) is 13.0. The Labute approximate surface area is 165 Å². The number of ether oxygens (including phenoxy) is 3. The summed E-state index contributed by atoms with van der Waals surface area (Å²) in [7, 11) is 1.30.